The van der Waals surface area contributed by atoms with Gasteiger partial charge in [0.05, 0.1) is 15.1 Å². The van der Waals surface area contributed by atoms with Gasteiger partial charge in [0.2, 0.25) is 15.9 Å². The average Bonchev–Trinajstić information content (AvgIpc) is 2.66. The van der Waals surface area contributed by atoms with Crippen LogP contribution < -0.4 is 5.32 Å². The first-order chi connectivity index (χ1) is 13.1. The lowest BCUT2D eigenvalue weighted by Gasteiger charge is -2.16. The second-order valence-electron chi connectivity index (χ2n) is 6.12. The van der Waals surface area contributed by atoms with Crippen molar-refractivity contribution in [2.24, 2.45) is 0 Å². The number of nitrogens with one attached hydrogen (secondary N) is 1. The van der Waals surface area contributed by atoms with Crippen LogP contribution in [0.3, 0.4) is 0 Å². The number of benzene rings is 2. The van der Waals surface area contributed by atoms with Crippen LogP contribution in [-0.4, -0.2) is 42.9 Å². The zero-order chi connectivity index (χ0) is 20.9. The molecule has 1 amide bonds. The molecule has 1 unspecified atom stereocenters. The molecule has 0 aromatic heterocycles. The zero-order valence-corrected chi connectivity index (χ0v) is 17.3. The summed E-state index contributed by atoms with van der Waals surface area (Å²) in [5, 5.41) is 13.0. The van der Waals surface area contributed by atoms with Crippen LogP contribution in [0.15, 0.2) is 58.3 Å². The molecule has 2 aromatic carbocycles. The summed E-state index contributed by atoms with van der Waals surface area (Å²) in [6, 6.07) is 12.5. The van der Waals surface area contributed by atoms with E-state index >= 15 is 0 Å². The van der Waals surface area contributed by atoms with Gasteiger partial charge in [0.1, 0.15) is 0 Å². The van der Waals surface area contributed by atoms with Crippen molar-refractivity contribution in [2.75, 3.05) is 14.1 Å². The number of nitrogens with zero attached hydrogens (tertiary/aromatic N) is 2. The van der Waals surface area contributed by atoms with Crippen molar-refractivity contribution < 1.29 is 18.1 Å². The topological polar surface area (TPSA) is 110 Å². The maximum absolute atomic E-state index is 12.4. The van der Waals surface area contributed by atoms with Gasteiger partial charge in [0.15, 0.2) is 0 Å². The molecule has 28 heavy (non-hydrogen) atoms. The predicted molar refractivity (Wildman–Crippen MR) is 108 cm³/mol. The molecule has 0 aliphatic rings. The van der Waals surface area contributed by atoms with E-state index in [1.165, 1.54) is 44.1 Å². The molecule has 0 bridgehead atoms. The Bertz CT molecular complexity index is 959. The van der Waals surface area contributed by atoms with Gasteiger partial charge in [-0.2, -0.15) is 0 Å². The fourth-order valence-electron chi connectivity index (χ4n) is 2.33. The number of thioether (sulfide) groups is 1. The van der Waals surface area contributed by atoms with E-state index in [0.717, 1.165) is 9.20 Å². The van der Waals surface area contributed by atoms with Gasteiger partial charge in [-0.1, -0.05) is 18.2 Å². The number of hydrogen-bond donors (Lipinski definition) is 1. The van der Waals surface area contributed by atoms with E-state index in [1.54, 1.807) is 37.3 Å². The predicted octanol–water partition coefficient (Wildman–Crippen LogP) is 2.64. The molecule has 1 N–H and O–H groups in total. The second-order valence-corrected chi connectivity index (χ2v) is 9.66. The normalized spacial score (nSPS) is 12.6. The third-order valence-corrected chi connectivity index (χ3v) is 6.94. The molecule has 0 radical (unpaired) electrons. The highest BCUT2D eigenvalue weighted by molar-refractivity contribution is 8.00. The second kappa shape index (κ2) is 9.18. The molecule has 0 spiro atoms. The number of nitro benzene ring substituents is 1. The zero-order valence-electron chi connectivity index (χ0n) is 15.7. The molecule has 0 saturated carbocycles. The molecule has 0 heterocycles. The lowest BCUT2D eigenvalue weighted by molar-refractivity contribution is -0.384. The van der Waals surface area contributed by atoms with E-state index in [1.807, 2.05) is 0 Å². The molecular weight excluding hydrogens is 402 g/mol. The van der Waals surface area contributed by atoms with Crippen molar-refractivity contribution in [1.29, 1.82) is 0 Å². The highest BCUT2D eigenvalue weighted by Crippen LogP contribution is 2.25. The fourth-order valence-corrected chi connectivity index (χ4v) is 4.34. The van der Waals surface area contributed by atoms with Crippen molar-refractivity contribution in [3.05, 3.63) is 64.2 Å². The Balaban J connectivity index is 2.03. The van der Waals surface area contributed by atoms with Crippen molar-refractivity contribution in [2.45, 2.75) is 28.5 Å². The lowest BCUT2D eigenvalue weighted by Crippen LogP contribution is -2.31. The SMILES string of the molecule is CC(Sc1ccc([N+](=O)[O-])cc1)C(=O)NCc1ccccc1S(=O)(=O)N(C)C. The number of rotatable bonds is 8. The fraction of sp³-hybridized carbons (Fsp3) is 0.278. The first-order valence-corrected chi connectivity index (χ1v) is 10.6. The summed E-state index contributed by atoms with van der Waals surface area (Å²) in [6.07, 6.45) is 0. The standard InChI is InChI=1S/C18H21N3O5S2/c1-13(27-16-10-8-15(9-11-16)21(23)24)18(22)19-12-14-6-4-5-7-17(14)28(25,26)20(2)3/h4-11,13H,12H2,1-3H3,(H,19,22). The maximum Gasteiger partial charge on any atom is 0.269 e. The van der Waals surface area contributed by atoms with Crippen LogP contribution in [0.25, 0.3) is 0 Å². The van der Waals surface area contributed by atoms with Gasteiger partial charge in [-0.3, -0.25) is 14.9 Å². The Morgan fingerprint density at radius 3 is 2.36 bits per heavy atom. The first kappa shape index (κ1) is 21.9. The third kappa shape index (κ3) is 5.31. The van der Waals surface area contributed by atoms with Crippen molar-refractivity contribution in [1.82, 2.24) is 9.62 Å². The third-order valence-electron chi connectivity index (χ3n) is 3.91. The summed E-state index contributed by atoms with van der Waals surface area (Å²) < 4.78 is 25.9. The highest BCUT2D eigenvalue weighted by Gasteiger charge is 2.21. The minimum Gasteiger partial charge on any atom is -0.351 e. The number of non-ortho nitro benzene ring substituents is 1. The van der Waals surface area contributed by atoms with Crippen molar-refractivity contribution in [3.8, 4) is 0 Å². The van der Waals surface area contributed by atoms with E-state index in [-0.39, 0.29) is 23.0 Å². The van der Waals surface area contributed by atoms with E-state index < -0.39 is 20.2 Å². The van der Waals surface area contributed by atoms with E-state index in [0.29, 0.717) is 5.56 Å². The van der Waals surface area contributed by atoms with Crippen molar-refractivity contribution in [3.63, 3.8) is 0 Å². The molecule has 0 aliphatic heterocycles. The van der Waals surface area contributed by atoms with Crippen LogP contribution in [0.5, 0.6) is 0 Å². The maximum atomic E-state index is 12.4. The molecule has 8 nitrogen and oxygen atoms in total. The number of hydrogen-bond acceptors (Lipinski definition) is 6. The van der Waals surface area contributed by atoms with Gasteiger partial charge in [-0.25, -0.2) is 12.7 Å². The van der Waals surface area contributed by atoms with Gasteiger partial charge < -0.3 is 5.32 Å². The summed E-state index contributed by atoms with van der Waals surface area (Å²) >= 11 is 1.26. The van der Waals surface area contributed by atoms with Crippen LogP contribution in [-0.2, 0) is 21.4 Å². The van der Waals surface area contributed by atoms with Crippen LogP contribution in [0.1, 0.15) is 12.5 Å². The molecule has 0 fully saturated rings. The van der Waals surface area contributed by atoms with Crippen LogP contribution in [0, 0.1) is 10.1 Å². The van der Waals surface area contributed by atoms with Crippen LogP contribution in [0.4, 0.5) is 5.69 Å². The Morgan fingerprint density at radius 1 is 1.18 bits per heavy atom. The Kier molecular flexibility index (Phi) is 7.17. The van der Waals surface area contributed by atoms with Gasteiger partial charge in [-0.05, 0) is 30.7 Å². The average molecular weight is 424 g/mol. The smallest absolute Gasteiger partial charge is 0.269 e. The summed E-state index contributed by atoms with van der Waals surface area (Å²) in [5.41, 5.74) is 0.484. The number of nitro groups is 1. The van der Waals surface area contributed by atoms with E-state index in [4.69, 9.17) is 0 Å². The number of carbonyl (C=O) groups is 1. The quantitative estimate of drug-likeness (QED) is 0.397. The molecule has 2 aromatic rings. The van der Waals surface area contributed by atoms with Gasteiger partial charge in [0.25, 0.3) is 5.69 Å². The number of sulfonamides is 1. The van der Waals surface area contributed by atoms with Crippen LogP contribution >= 0.6 is 11.8 Å². The molecule has 1 atom stereocenters. The highest BCUT2D eigenvalue weighted by atomic mass is 32.2. The number of amides is 1. The molecule has 10 heteroatoms. The minimum atomic E-state index is -3.61. The molecule has 0 saturated heterocycles. The van der Waals surface area contributed by atoms with E-state index in [9.17, 15) is 23.3 Å². The lowest BCUT2D eigenvalue weighted by atomic mass is 10.2. The largest absolute Gasteiger partial charge is 0.351 e. The summed E-state index contributed by atoms with van der Waals surface area (Å²) in [4.78, 5) is 23.5. The van der Waals surface area contributed by atoms with Crippen molar-refractivity contribution >= 4 is 33.4 Å². The first-order valence-electron chi connectivity index (χ1n) is 8.32. The molecule has 0 aliphatic carbocycles. The summed E-state index contributed by atoms with van der Waals surface area (Å²) in [5.74, 6) is -0.264. The monoisotopic (exact) mass is 423 g/mol. The minimum absolute atomic E-state index is 0.0137. The van der Waals surface area contributed by atoms with Gasteiger partial charge >= 0.3 is 0 Å². The van der Waals surface area contributed by atoms with Gasteiger partial charge in [0, 0.05) is 37.7 Å². The summed E-state index contributed by atoms with van der Waals surface area (Å²) in [7, 11) is -0.710. The summed E-state index contributed by atoms with van der Waals surface area (Å²) in [6.45, 7) is 1.79. The number of carbonyl (C=O) groups excluding carboxylic acids is 1. The van der Waals surface area contributed by atoms with E-state index in [2.05, 4.69) is 5.32 Å². The molecule has 2 rings (SSSR count). The molecule has 150 valence electrons. The van der Waals surface area contributed by atoms with Gasteiger partial charge in [-0.15, -0.1) is 11.8 Å². The Labute approximate surface area is 168 Å². The Morgan fingerprint density at radius 2 is 1.79 bits per heavy atom. The van der Waals surface area contributed by atoms with Crippen LogP contribution in [0.2, 0.25) is 0 Å². The molecular formula is C18H21N3O5S2. The Hall–Kier alpha value is -2.43.